The van der Waals surface area contributed by atoms with Gasteiger partial charge in [-0.25, -0.2) is 4.85 Å². The van der Waals surface area contributed by atoms with Gasteiger partial charge in [-0.3, -0.25) is 9.59 Å². The highest BCUT2D eigenvalue weighted by molar-refractivity contribution is 9.10. The van der Waals surface area contributed by atoms with Crippen molar-refractivity contribution in [3.05, 3.63) is 170 Å². The molecule has 5 aromatic carbocycles. The van der Waals surface area contributed by atoms with Gasteiger partial charge in [0.1, 0.15) is 0 Å². The first-order chi connectivity index (χ1) is 23.9. The van der Waals surface area contributed by atoms with E-state index in [1.807, 2.05) is 36.4 Å². The van der Waals surface area contributed by atoms with Crippen LogP contribution < -0.4 is 0 Å². The number of rotatable bonds is 1. The van der Waals surface area contributed by atoms with Crippen LogP contribution in [0.25, 0.3) is 16.0 Å². The van der Waals surface area contributed by atoms with Crippen molar-refractivity contribution in [1.82, 2.24) is 0 Å². The van der Waals surface area contributed by atoms with Crippen LogP contribution in [0.1, 0.15) is 79.8 Å². The van der Waals surface area contributed by atoms with Gasteiger partial charge in [-0.1, -0.05) is 101 Å². The Bertz CT molecular complexity index is 2180. The van der Waals surface area contributed by atoms with Gasteiger partial charge in [-0.15, -0.1) is 0 Å². The SMILES string of the molecule is O=C1c2cc(Br)ccc2CC12CCCc1ccccc1C2.[C-]#[N+]c1cccc(-c2ccc3c(c2)C(=O)C2(CCCc4ccccc4C2)C3)c1. The number of hydrogen-bond acceptors (Lipinski definition) is 2. The number of ketones is 2. The van der Waals surface area contributed by atoms with Gasteiger partial charge in [-0.05, 0) is 133 Å². The molecule has 2 atom stereocenters. The molecule has 0 fully saturated rings. The smallest absolute Gasteiger partial charge is 0.187 e. The summed E-state index contributed by atoms with van der Waals surface area (Å²) in [6.07, 6.45) is 9.80. The van der Waals surface area contributed by atoms with Gasteiger partial charge in [0, 0.05) is 26.4 Å². The lowest BCUT2D eigenvalue weighted by Crippen LogP contribution is -2.30. The number of carbonyl (C=O) groups is 2. The first-order valence-electron chi connectivity index (χ1n) is 17.5. The van der Waals surface area contributed by atoms with Gasteiger partial charge < -0.3 is 0 Å². The van der Waals surface area contributed by atoms with Crippen molar-refractivity contribution < 1.29 is 9.59 Å². The zero-order valence-electron chi connectivity index (χ0n) is 27.6. The third-order valence-corrected chi connectivity index (χ3v) is 12.0. The highest BCUT2D eigenvalue weighted by Crippen LogP contribution is 2.47. The van der Waals surface area contributed by atoms with E-state index >= 15 is 0 Å². The third-order valence-electron chi connectivity index (χ3n) is 11.5. The molecule has 5 aromatic rings. The largest absolute Gasteiger partial charge is 0.294 e. The van der Waals surface area contributed by atoms with E-state index in [4.69, 9.17) is 6.57 Å². The summed E-state index contributed by atoms with van der Waals surface area (Å²) in [7, 11) is 0. The Kier molecular flexibility index (Phi) is 8.21. The zero-order chi connectivity index (χ0) is 33.6. The van der Waals surface area contributed by atoms with Crippen LogP contribution in [0.3, 0.4) is 0 Å². The van der Waals surface area contributed by atoms with E-state index in [9.17, 15) is 9.59 Å². The Balaban J connectivity index is 0.000000148. The van der Waals surface area contributed by atoms with Crippen molar-refractivity contribution in [2.45, 2.75) is 64.2 Å². The van der Waals surface area contributed by atoms with Crippen LogP contribution in [-0.4, -0.2) is 11.6 Å². The lowest BCUT2D eigenvalue weighted by molar-refractivity contribution is 0.0798. The van der Waals surface area contributed by atoms with Gasteiger partial charge in [0.25, 0.3) is 0 Å². The van der Waals surface area contributed by atoms with E-state index in [-0.39, 0.29) is 10.8 Å². The maximum atomic E-state index is 13.6. The average Bonchev–Trinajstić information content (AvgIpc) is 3.34. The quantitative estimate of drug-likeness (QED) is 0.163. The molecule has 0 aromatic heterocycles. The number of carbonyl (C=O) groups excluding carboxylic acids is 2. The van der Waals surface area contributed by atoms with E-state index in [0.29, 0.717) is 17.3 Å². The zero-order valence-corrected chi connectivity index (χ0v) is 29.2. The number of aryl methyl sites for hydroxylation is 2. The number of nitrogens with zero attached hydrogens (tertiary/aromatic N) is 1. The second-order valence-corrected chi connectivity index (χ2v) is 15.4. The van der Waals surface area contributed by atoms with E-state index in [0.717, 1.165) is 90.9 Å². The second kappa shape index (κ2) is 12.7. The third kappa shape index (κ3) is 5.79. The summed E-state index contributed by atoms with van der Waals surface area (Å²) in [4.78, 5) is 30.2. The van der Waals surface area contributed by atoms with Gasteiger partial charge >= 0.3 is 0 Å². The standard InChI is InChI=1S/C26H21NO.C19H17BrO/c1-27-23-10-4-8-19(14-23)20-11-12-22-17-26(25(28)24(22)15-20)13-5-9-18-6-2-3-7-21(18)16-26;20-16-8-7-15-12-19(18(21)17(15)10-16)9-3-6-13-4-1-2-5-14(13)11-19/h2-4,6-8,10-12,14-15H,5,9,13,16-17H2;1-2,4-5,7-8,10H,3,6,9,11-12H2. The van der Waals surface area contributed by atoms with Crippen LogP contribution in [-0.2, 0) is 38.5 Å². The van der Waals surface area contributed by atoms with E-state index < -0.39 is 0 Å². The minimum Gasteiger partial charge on any atom is -0.294 e. The minimum absolute atomic E-state index is 0.199. The highest BCUT2D eigenvalue weighted by atomic mass is 79.9. The molecule has 0 amide bonds. The number of halogens is 1. The maximum Gasteiger partial charge on any atom is 0.187 e. The molecule has 2 unspecified atom stereocenters. The topological polar surface area (TPSA) is 38.5 Å². The average molecular weight is 705 g/mol. The number of hydrogen-bond donors (Lipinski definition) is 0. The molecule has 0 radical (unpaired) electrons. The minimum atomic E-state index is -0.286. The summed E-state index contributed by atoms with van der Waals surface area (Å²) in [6, 6.07) is 37.3. The summed E-state index contributed by atoms with van der Waals surface area (Å²) < 4.78 is 1.00. The van der Waals surface area contributed by atoms with Gasteiger partial charge in [0.05, 0.1) is 6.57 Å². The lowest BCUT2D eigenvalue weighted by Gasteiger charge is -2.26. The van der Waals surface area contributed by atoms with Crippen LogP contribution in [0.5, 0.6) is 0 Å². The number of benzene rings is 5. The van der Waals surface area contributed by atoms with Crippen LogP contribution in [0, 0.1) is 17.4 Å². The number of Topliss-reactive ketones (excluding diaryl/α,β-unsaturated/α-hetero) is 2. The van der Waals surface area contributed by atoms with Crippen molar-refractivity contribution in [3.8, 4) is 11.1 Å². The Morgan fingerprint density at radius 1 is 0.531 bits per heavy atom. The molecular weight excluding hydrogens is 666 g/mol. The molecule has 49 heavy (non-hydrogen) atoms. The molecule has 0 N–H and O–H groups in total. The summed E-state index contributed by atoms with van der Waals surface area (Å²) >= 11 is 3.49. The maximum absolute atomic E-state index is 13.6. The van der Waals surface area contributed by atoms with E-state index in [2.05, 4.69) is 93.6 Å². The molecule has 0 aliphatic heterocycles. The number of fused-ring (bicyclic) bond motifs is 4. The lowest BCUT2D eigenvalue weighted by atomic mass is 9.75. The molecule has 4 heteroatoms. The molecule has 4 aliphatic rings. The summed E-state index contributed by atoms with van der Waals surface area (Å²) in [5.74, 6) is 0.665. The van der Waals surface area contributed by atoms with Crippen molar-refractivity contribution in [2.24, 2.45) is 10.8 Å². The van der Waals surface area contributed by atoms with Crippen molar-refractivity contribution in [2.75, 3.05) is 0 Å². The molecule has 2 spiro atoms. The molecule has 3 nitrogen and oxygen atoms in total. The van der Waals surface area contributed by atoms with Crippen LogP contribution in [0.15, 0.2) is 114 Å². The van der Waals surface area contributed by atoms with Crippen LogP contribution in [0.2, 0.25) is 0 Å². The fourth-order valence-electron chi connectivity index (χ4n) is 9.03. The highest BCUT2D eigenvalue weighted by Gasteiger charge is 2.47. The summed E-state index contributed by atoms with van der Waals surface area (Å²) in [6.45, 7) is 7.24. The van der Waals surface area contributed by atoms with Crippen molar-refractivity contribution >= 4 is 33.2 Å². The van der Waals surface area contributed by atoms with Gasteiger partial charge in [0.2, 0.25) is 0 Å². The molecule has 9 rings (SSSR count). The first kappa shape index (κ1) is 31.7. The fourth-order valence-corrected chi connectivity index (χ4v) is 9.39. The molecule has 4 aliphatic carbocycles. The predicted octanol–water partition coefficient (Wildman–Crippen LogP) is 11.0. The Morgan fingerprint density at radius 3 is 1.63 bits per heavy atom. The summed E-state index contributed by atoms with van der Waals surface area (Å²) in [5, 5.41) is 0. The normalized spacial score (nSPS) is 21.8. The van der Waals surface area contributed by atoms with Crippen molar-refractivity contribution in [3.63, 3.8) is 0 Å². The van der Waals surface area contributed by atoms with E-state index in [1.165, 1.54) is 33.4 Å². The molecular formula is C45H38BrNO2. The Morgan fingerprint density at radius 2 is 1.04 bits per heavy atom. The van der Waals surface area contributed by atoms with Gasteiger partial charge in [0.15, 0.2) is 17.3 Å². The monoisotopic (exact) mass is 703 g/mol. The molecule has 0 bridgehead atoms. The molecule has 0 saturated heterocycles. The van der Waals surface area contributed by atoms with Crippen LogP contribution >= 0.6 is 15.9 Å². The fraction of sp³-hybridized carbons (Fsp3) is 0.267. The molecule has 242 valence electrons. The predicted molar refractivity (Wildman–Crippen MR) is 199 cm³/mol. The Labute approximate surface area is 297 Å². The van der Waals surface area contributed by atoms with E-state index in [1.54, 1.807) is 0 Å². The van der Waals surface area contributed by atoms with Crippen molar-refractivity contribution in [1.29, 1.82) is 0 Å². The van der Waals surface area contributed by atoms with Crippen LogP contribution in [0.4, 0.5) is 5.69 Å². The Hall–Kier alpha value is -4.59. The first-order valence-corrected chi connectivity index (χ1v) is 18.3. The molecule has 0 saturated carbocycles. The van der Waals surface area contributed by atoms with Gasteiger partial charge in [-0.2, -0.15) is 0 Å². The second-order valence-electron chi connectivity index (χ2n) is 14.5. The summed E-state index contributed by atoms with van der Waals surface area (Å²) in [5.41, 5.74) is 11.9. The molecule has 0 heterocycles.